The van der Waals surface area contributed by atoms with Crippen molar-refractivity contribution < 1.29 is 14.9 Å². The van der Waals surface area contributed by atoms with Gasteiger partial charge in [0.25, 0.3) is 5.56 Å². The number of H-pyrrole nitrogens is 1. The van der Waals surface area contributed by atoms with E-state index >= 15 is 0 Å². The van der Waals surface area contributed by atoms with Crippen LogP contribution in [0.2, 0.25) is 0 Å². The van der Waals surface area contributed by atoms with E-state index in [9.17, 15) is 15.0 Å². The highest BCUT2D eigenvalue weighted by Crippen LogP contribution is 2.35. The molecular weight excluding hydrogens is 266 g/mol. The number of aromatic nitrogens is 2. The van der Waals surface area contributed by atoms with Gasteiger partial charge in [-0.3, -0.25) is 9.78 Å². The predicted molar refractivity (Wildman–Crippen MR) is 71.4 cm³/mol. The second kappa shape index (κ2) is 4.33. The summed E-state index contributed by atoms with van der Waals surface area (Å²) in [6.45, 7) is 1.99. The molecule has 0 aromatic carbocycles. The number of fused-ring (bicyclic) bond motifs is 1. The number of nitrogen functional groups attached to an aromatic ring is 1. The monoisotopic (exact) mass is 283 g/mol. The Labute approximate surface area is 114 Å². The van der Waals surface area contributed by atoms with Gasteiger partial charge in [-0.25, -0.2) is 0 Å². The highest BCUT2D eigenvalue weighted by atomic mass is 16.6. The quantitative estimate of drug-likeness (QED) is 0.467. The first-order chi connectivity index (χ1) is 9.40. The molecule has 0 aliphatic carbocycles. The van der Waals surface area contributed by atoms with Crippen molar-refractivity contribution >= 4 is 17.5 Å². The zero-order valence-electron chi connectivity index (χ0n) is 11.1. The van der Waals surface area contributed by atoms with Crippen LogP contribution in [0.15, 0.2) is 4.79 Å². The minimum atomic E-state index is -1.08. The molecule has 0 spiro atoms. The molecule has 4 atom stereocenters. The average Bonchev–Trinajstić information content (AvgIpc) is 2.82. The maximum Gasteiger partial charge on any atom is 0.278 e. The van der Waals surface area contributed by atoms with Crippen molar-refractivity contribution in [3.8, 4) is 0 Å². The number of nitrogens with zero attached hydrogens (tertiary/aromatic N) is 3. The Balaban J connectivity index is 2.02. The molecule has 3 rings (SSSR count). The molecule has 2 aliphatic heterocycles. The average molecular weight is 283 g/mol. The molecule has 110 valence electrons. The first-order valence-electron chi connectivity index (χ1n) is 6.29. The summed E-state index contributed by atoms with van der Waals surface area (Å²) < 4.78 is 5.56. The smallest absolute Gasteiger partial charge is 0.278 e. The van der Waals surface area contributed by atoms with Gasteiger partial charge in [0.1, 0.15) is 17.9 Å². The second-order valence-electron chi connectivity index (χ2n) is 5.15. The van der Waals surface area contributed by atoms with E-state index in [4.69, 9.17) is 10.5 Å². The van der Waals surface area contributed by atoms with Gasteiger partial charge in [0, 0.05) is 7.05 Å². The third-order valence-electron chi connectivity index (χ3n) is 3.70. The molecule has 3 heterocycles. The predicted octanol–water partition coefficient (Wildman–Crippen LogP) is -1.97. The van der Waals surface area contributed by atoms with Crippen LogP contribution in [0.5, 0.6) is 0 Å². The maximum atomic E-state index is 11.9. The minimum Gasteiger partial charge on any atom is -0.388 e. The van der Waals surface area contributed by atoms with Crippen molar-refractivity contribution in [3.05, 3.63) is 10.4 Å². The number of anilines is 3. The fourth-order valence-corrected chi connectivity index (χ4v) is 2.67. The molecule has 1 aromatic rings. The Morgan fingerprint density at radius 3 is 2.75 bits per heavy atom. The first-order valence-corrected chi connectivity index (χ1v) is 6.29. The maximum absolute atomic E-state index is 11.9. The lowest BCUT2D eigenvalue weighted by molar-refractivity contribution is 0.0152. The normalized spacial score (nSPS) is 32.8. The van der Waals surface area contributed by atoms with E-state index in [1.165, 1.54) is 0 Å². The van der Waals surface area contributed by atoms with Crippen LogP contribution in [0.3, 0.4) is 0 Å². The molecular formula is C11H17N5O4. The van der Waals surface area contributed by atoms with Gasteiger partial charge in [-0.2, -0.15) is 4.98 Å². The molecule has 5 N–H and O–H groups in total. The Morgan fingerprint density at radius 2 is 2.15 bits per heavy atom. The number of nitrogens with two attached hydrogens (primary N) is 1. The molecule has 1 saturated heterocycles. The molecule has 1 aromatic heterocycles. The lowest BCUT2D eigenvalue weighted by Crippen LogP contribution is -2.45. The number of nitrogens with one attached hydrogen (secondary N) is 1. The fraction of sp³-hybridized carbons (Fsp3) is 0.636. The molecule has 2 aliphatic rings. The van der Waals surface area contributed by atoms with Gasteiger partial charge in [0.05, 0.1) is 12.8 Å². The third kappa shape index (κ3) is 1.74. The first kappa shape index (κ1) is 13.2. The minimum absolute atomic E-state index is 0.00451. The molecule has 2 unspecified atom stereocenters. The Hall–Kier alpha value is -1.84. The molecule has 9 heteroatoms. The van der Waals surface area contributed by atoms with Crippen molar-refractivity contribution in [1.29, 1.82) is 0 Å². The van der Waals surface area contributed by atoms with Crippen LogP contribution in [0.25, 0.3) is 0 Å². The van der Waals surface area contributed by atoms with Crippen LogP contribution >= 0.6 is 0 Å². The summed E-state index contributed by atoms with van der Waals surface area (Å²) in [5, 5.41) is 19.9. The van der Waals surface area contributed by atoms with Gasteiger partial charge in [-0.15, -0.1) is 0 Å². The van der Waals surface area contributed by atoms with Gasteiger partial charge < -0.3 is 30.5 Å². The number of aliphatic hydroxyl groups excluding tert-OH is 2. The van der Waals surface area contributed by atoms with Crippen LogP contribution in [0.4, 0.5) is 17.5 Å². The number of aromatic amines is 1. The van der Waals surface area contributed by atoms with Crippen LogP contribution in [-0.2, 0) is 4.74 Å². The molecule has 0 bridgehead atoms. The zero-order chi connectivity index (χ0) is 14.6. The summed E-state index contributed by atoms with van der Waals surface area (Å²) in [7, 11) is 1.73. The van der Waals surface area contributed by atoms with Gasteiger partial charge in [-0.1, -0.05) is 0 Å². The molecule has 1 fully saturated rings. The molecule has 9 nitrogen and oxygen atoms in total. The largest absolute Gasteiger partial charge is 0.388 e. The van der Waals surface area contributed by atoms with Crippen molar-refractivity contribution in [2.24, 2.45) is 0 Å². The number of aliphatic hydroxyl groups is 2. The van der Waals surface area contributed by atoms with Crippen LogP contribution in [0.1, 0.15) is 6.92 Å². The summed E-state index contributed by atoms with van der Waals surface area (Å²) >= 11 is 0. The number of rotatable bonds is 1. The third-order valence-corrected chi connectivity index (χ3v) is 3.70. The summed E-state index contributed by atoms with van der Waals surface area (Å²) in [4.78, 5) is 21.8. The fourth-order valence-electron chi connectivity index (χ4n) is 2.67. The standard InChI is InChI=1S/C11H17N5O4/c1-4-6(17)7(18)10(20-4)16-3-15(2)5-8(16)13-11(12)14-9(5)19/h4,6-7,10,17-18H,3H2,1-2H3,(H3,12,13,14,19)/t4-,6?,7?,10-/m1/s1. The number of hydrogen-bond donors (Lipinski definition) is 4. The van der Waals surface area contributed by atoms with Crippen molar-refractivity contribution in [2.45, 2.75) is 31.5 Å². The summed E-state index contributed by atoms with van der Waals surface area (Å²) in [6, 6.07) is 0. The molecule has 0 amide bonds. The van der Waals surface area contributed by atoms with E-state index in [1.54, 1.807) is 23.8 Å². The van der Waals surface area contributed by atoms with E-state index in [2.05, 4.69) is 9.97 Å². The van der Waals surface area contributed by atoms with Gasteiger partial charge in [-0.05, 0) is 6.92 Å². The lowest BCUT2D eigenvalue weighted by atomic mass is 10.1. The topological polar surface area (TPSA) is 128 Å². The van der Waals surface area contributed by atoms with Gasteiger partial charge in [0.15, 0.2) is 12.0 Å². The van der Waals surface area contributed by atoms with E-state index in [0.29, 0.717) is 18.2 Å². The van der Waals surface area contributed by atoms with E-state index < -0.39 is 24.5 Å². The van der Waals surface area contributed by atoms with Crippen molar-refractivity contribution in [2.75, 3.05) is 29.2 Å². The Bertz CT molecular complexity index is 591. The zero-order valence-corrected chi connectivity index (χ0v) is 11.1. The van der Waals surface area contributed by atoms with Crippen LogP contribution < -0.4 is 21.1 Å². The number of hydrogen-bond acceptors (Lipinski definition) is 8. The van der Waals surface area contributed by atoms with Crippen molar-refractivity contribution in [1.82, 2.24) is 9.97 Å². The Kier molecular flexibility index (Phi) is 2.85. The van der Waals surface area contributed by atoms with Gasteiger partial charge in [0.2, 0.25) is 5.95 Å². The van der Waals surface area contributed by atoms with E-state index in [0.717, 1.165) is 0 Å². The lowest BCUT2D eigenvalue weighted by Gasteiger charge is -2.27. The van der Waals surface area contributed by atoms with Crippen LogP contribution in [-0.4, -0.2) is 58.4 Å². The van der Waals surface area contributed by atoms with E-state index in [1.807, 2.05) is 0 Å². The Morgan fingerprint density at radius 1 is 1.45 bits per heavy atom. The second-order valence-corrected chi connectivity index (χ2v) is 5.15. The molecule has 0 radical (unpaired) electrons. The van der Waals surface area contributed by atoms with Crippen molar-refractivity contribution in [3.63, 3.8) is 0 Å². The highest BCUT2D eigenvalue weighted by Gasteiger charge is 2.46. The SMILES string of the molecule is C[C@H]1O[C@@H](N2CN(C)c3c2nc(N)[nH]c3=O)C(O)C1O. The highest BCUT2D eigenvalue weighted by molar-refractivity contribution is 5.72. The summed E-state index contributed by atoms with van der Waals surface area (Å²) in [6.07, 6.45) is -3.32. The number of ether oxygens (including phenoxy) is 1. The molecule has 20 heavy (non-hydrogen) atoms. The van der Waals surface area contributed by atoms with Crippen LogP contribution in [0, 0.1) is 0 Å². The summed E-state index contributed by atoms with van der Waals surface area (Å²) in [5.41, 5.74) is 5.58. The summed E-state index contributed by atoms with van der Waals surface area (Å²) in [5.74, 6) is 0.342. The van der Waals surface area contributed by atoms with E-state index in [-0.39, 0.29) is 11.5 Å². The van der Waals surface area contributed by atoms with Gasteiger partial charge >= 0.3 is 0 Å². The molecule has 0 saturated carbocycles.